The van der Waals surface area contributed by atoms with Gasteiger partial charge in [0.2, 0.25) is 10.0 Å². The zero-order valence-corrected chi connectivity index (χ0v) is 17.6. The van der Waals surface area contributed by atoms with E-state index in [-0.39, 0.29) is 10.6 Å². The molecule has 2 rings (SSSR count). The van der Waals surface area contributed by atoms with Crippen LogP contribution in [0.4, 0.5) is 10.5 Å². The second kappa shape index (κ2) is 6.77. The number of ether oxygens (including phenoxy) is 1. The highest BCUT2D eigenvalue weighted by atomic mass is 32.2. The fourth-order valence-corrected chi connectivity index (χ4v) is 3.11. The molecule has 0 atom stereocenters. The number of carbonyl (C=O) groups excluding carboxylic acids is 1. The summed E-state index contributed by atoms with van der Waals surface area (Å²) in [5, 5.41) is 7.72. The monoisotopic (exact) mass is 398 g/mol. The molecule has 1 heterocycles. The van der Waals surface area contributed by atoms with Gasteiger partial charge in [-0.25, -0.2) is 18.4 Å². The Labute approximate surface area is 160 Å². The maximum absolute atomic E-state index is 12.1. The molecule has 27 heavy (non-hydrogen) atoms. The van der Waals surface area contributed by atoms with E-state index in [1.807, 2.05) is 27.7 Å². The van der Waals surface area contributed by atoms with E-state index in [1.54, 1.807) is 26.8 Å². The maximum atomic E-state index is 12.1. The zero-order chi connectivity index (χ0) is 20.8. The molecule has 0 radical (unpaired) electrons. The minimum atomic E-state index is -4.06. The molecule has 0 unspecified atom stereocenters. The van der Waals surface area contributed by atoms with Crippen LogP contribution in [0.2, 0.25) is 0 Å². The van der Waals surface area contributed by atoms with Crippen molar-refractivity contribution in [1.82, 2.24) is 0 Å². The van der Waals surface area contributed by atoms with Gasteiger partial charge in [0.25, 0.3) is 0 Å². The quantitative estimate of drug-likeness (QED) is 0.752. The second-order valence-corrected chi connectivity index (χ2v) is 10.0. The normalized spacial score (nSPS) is 19.0. The molecule has 1 fully saturated rings. The van der Waals surface area contributed by atoms with Gasteiger partial charge >= 0.3 is 13.2 Å². The number of carbonyl (C=O) groups is 1. The van der Waals surface area contributed by atoms with Crippen molar-refractivity contribution in [3.8, 4) is 0 Å². The van der Waals surface area contributed by atoms with Crippen molar-refractivity contribution < 1.29 is 27.3 Å². The lowest BCUT2D eigenvalue weighted by Gasteiger charge is -2.32. The summed E-state index contributed by atoms with van der Waals surface area (Å²) in [7, 11) is -4.78. The van der Waals surface area contributed by atoms with Crippen molar-refractivity contribution in [2.24, 2.45) is 5.14 Å². The minimum absolute atomic E-state index is 0.000961. The topological polar surface area (TPSA) is 117 Å². The van der Waals surface area contributed by atoms with Gasteiger partial charge in [-0.15, -0.1) is 0 Å². The number of hydrogen-bond donors (Lipinski definition) is 2. The molecule has 1 aliphatic rings. The van der Waals surface area contributed by atoms with Gasteiger partial charge in [0.15, 0.2) is 0 Å². The smallest absolute Gasteiger partial charge is 0.444 e. The molecule has 1 amide bonds. The predicted molar refractivity (Wildman–Crippen MR) is 103 cm³/mol. The maximum Gasteiger partial charge on any atom is 0.494 e. The standard InChI is InChI=1S/C17H27BN2O6S/c1-15(2,3)24-14(21)20-12-10-11(8-9-13(12)27(19,22)23)18-25-16(4,5)17(6,7)26-18/h8-10H,1-7H3,(H,20,21)(H2,19,22,23). The zero-order valence-electron chi connectivity index (χ0n) is 16.7. The second-order valence-electron chi connectivity index (χ2n) is 8.52. The first-order valence-electron chi connectivity index (χ1n) is 8.54. The summed E-state index contributed by atoms with van der Waals surface area (Å²) in [6.45, 7) is 12.7. The summed E-state index contributed by atoms with van der Waals surface area (Å²) in [5.41, 5.74) is -1.31. The van der Waals surface area contributed by atoms with Crippen LogP contribution < -0.4 is 15.9 Å². The van der Waals surface area contributed by atoms with Crippen molar-refractivity contribution >= 4 is 34.4 Å². The van der Waals surface area contributed by atoms with Crippen LogP contribution in [-0.4, -0.2) is 38.4 Å². The van der Waals surface area contributed by atoms with E-state index in [0.717, 1.165) is 0 Å². The Bertz CT molecular complexity index is 829. The first-order chi connectivity index (χ1) is 12.0. The lowest BCUT2D eigenvalue weighted by atomic mass is 9.79. The van der Waals surface area contributed by atoms with E-state index in [4.69, 9.17) is 19.2 Å². The summed E-state index contributed by atoms with van der Waals surface area (Å²) < 4.78 is 40.9. The van der Waals surface area contributed by atoms with Crippen LogP contribution >= 0.6 is 0 Å². The van der Waals surface area contributed by atoms with Crippen LogP contribution in [0.5, 0.6) is 0 Å². The van der Waals surface area contributed by atoms with E-state index < -0.39 is 40.0 Å². The lowest BCUT2D eigenvalue weighted by Crippen LogP contribution is -2.41. The third kappa shape index (κ3) is 5.01. The van der Waals surface area contributed by atoms with Crippen LogP contribution in [0, 0.1) is 0 Å². The van der Waals surface area contributed by atoms with Gasteiger partial charge in [-0.05, 0) is 66.1 Å². The number of hydrogen-bond acceptors (Lipinski definition) is 6. The molecule has 150 valence electrons. The first-order valence-corrected chi connectivity index (χ1v) is 10.1. The number of sulfonamides is 1. The van der Waals surface area contributed by atoms with E-state index in [2.05, 4.69) is 5.32 Å². The van der Waals surface area contributed by atoms with Crippen molar-refractivity contribution in [2.45, 2.75) is 70.2 Å². The summed E-state index contributed by atoms with van der Waals surface area (Å²) in [6.07, 6.45) is -0.793. The Kier molecular flexibility index (Phi) is 5.44. The van der Waals surface area contributed by atoms with Gasteiger partial charge in [0.05, 0.1) is 16.9 Å². The van der Waals surface area contributed by atoms with Crippen LogP contribution in [0.3, 0.4) is 0 Å². The fraction of sp³-hybridized carbons (Fsp3) is 0.588. The Hall–Kier alpha value is -1.62. The van der Waals surface area contributed by atoms with Crippen LogP contribution in [0.1, 0.15) is 48.5 Å². The molecule has 0 aromatic heterocycles. The van der Waals surface area contributed by atoms with Crippen LogP contribution in [-0.2, 0) is 24.1 Å². The summed E-state index contributed by atoms with van der Waals surface area (Å²) in [5.74, 6) is 0. The lowest BCUT2D eigenvalue weighted by molar-refractivity contribution is 0.00578. The molecule has 0 aliphatic carbocycles. The molecular formula is C17H27BN2O6S. The number of primary sulfonamides is 1. The number of nitrogens with one attached hydrogen (secondary N) is 1. The SMILES string of the molecule is CC(C)(C)OC(=O)Nc1cc(B2OC(C)(C)C(C)(C)O2)ccc1S(N)(=O)=O. The minimum Gasteiger partial charge on any atom is -0.444 e. The highest BCUT2D eigenvalue weighted by Crippen LogP contribution is 2.36. The average molecular weight is 398 g/mol. The number of rotatable bonds is 3. The third-order valence-electron chi connectivity index (χ3n) is 4.47. The molecule has 0 saturated carbocycles. The molecule has 3 N–H and O–H groups in total. The molecule has 1 aromatic carbocycles. The predicted octanol–water partition coefficient (Wildman–Crippen LogP) is 1.98. The summed E-state index contributed by atoms with van der Waals surface area (Å²) in [4.78, 5) is 11.9. The van der Waals surface area contributed by atoms with Crippen molar-refractivity contribution in [3.05, 3.63) is 18.2 Å². The van der Waals surface area contributed by atoms with Gasteiger partial charge in [0.1, 0.15) is 10.5 Å². The van der Waals surface area contributed by atoms with Gasteiger partial charge in [-0.1, -0.05) is 6.07 Å². The average Bonchev–Trinajstić information content (AvgIpc) is 2.63. The number of benzene rings is 1. The molecular weight excluding hydrogens is 371 g/mol. The van der Waals surface area contributed by atoms with Crippen molar-refractivity contribution in [3.63, 3.8) is 0 Å². The molecule has 10 heteroatoms. The van der Waals surface area contributed by atoms with E-state index in [9.17, 15) is 13.2 Å². The van der Waals surface area contributed by atoms with E-state index in [0.29, 0.717) is 5.46 Å². The summed E-state index contributed by atoms with van der Waals surface area (Å²) in [6, 6.07) is 4.32. The first kappa shape index (κ1) is 21.7. The molecule has 0 spiro atoms. The van der Waals surface area contributed by atoms with Gasteiger partial charge < -0.3 is 14.0 Å². The molecule has 1 aliphatic heterocycles. The Morgan fingerprint density at radius 2 is 1.67 bits per heavy atom. The van der Waals surface area contributed by atoms with Crippen molar-refractivity contribution in [2.75, 3.05) is 5.32 Å². The Balaban J connectivity index is 2.40. The highest BCUT2D eigenvalue weighted by molar-refractivity contribution is 7.89. The number of nitrogens with two attached hydrogens (primary N) is 1. The van der Waals surface area contributed by atoms with Crippen LogP contribution in [0.15, 0.2) is 23.1 Å². The highest BCUT2D eigenvalue weighted by Gasteiger charge is 2.51. The van der Waals surface area contributed by atoms with Gasteiger partial charge in [-0.2, -0.15) is 0 Å². The van der Waals surface area contributed by atoms with E-state index >= 15 is 0 Å². The Morgan fingerprint density at radius 1 is 1.15 bits per heavy atom. The molecule has 0 bridgehead atoms. The van der Waals surface area contributed by atoms with E-state index in [1.165, 1.54) is 12.1 Å². The summed E-state index contributed by atoms with van der Waals surface area (Å²) >= 11 is 0. The fourth-order valence-electron chi connectivity index (χ4n) is 2.43. The number of anilines is 1. The molecule has 8 nitrogen and oxygen atoms in total. The largest absolute Gasteiger partial charge is 0.494 e. The Morgan fingerprint density at radius 3 is 2.11 bits per heavy atom. The molecule has 1 aromatic rings. The van der Waals surface area contributed by atoms with Crippen molar-refractivity contribution in [1.29, 1.82) is 0 Å². The van der Waals surface area contributed by atoms with Gasteiger partial charge in [-0.3, -0.25) is 5.32 Å². The van der Waals surface area contributed by atoms with Gasteiger partial charge in [0, 0.05) is 0 Å². The van der Waals surface area contributed by atoms with Crippen LogP contribution in [0.25, 0.3) is 0 Å². The third-order valence-corrected chi connectivity index (χ3v) is 5.44. The molecule has 1 saturated heterocycles. The number of amides is 1.